The highest BCUT2D eigenvalue weighted by Crippen LogP contribution is 1.88. The molecule has 0 saturated heterocycles. The van der Waals surface area contributed by atoms with Crippen molar-refractivity contribution in [2.75, 3.05) is 6.54 Å². The Labute approximate surface area is 54.3 Å². The average molecular weight is 115 g/mol. The number of rotatable bonds is 2. The Hall–Kier alpha value is 0.492. The summed E-state index contributed by atoms with van der Waals surface area (Å²) in [5.74, 6) is 0. The van der Waals surface area contributed by atoms with Gasteiger partial charge in [-0.3, -0.25) is 0 Å². The van der Waals surface area contributed by atoms with E-state index in [1.165, 1.54) is 23.1 Å². The van der Waals surface area contributed by atoms with Gasteiger partial charge in [-0.15, -0.1) is 0 Å². The molecule has 0 bridgehead atoms. The van der Waals surface area contributed by atoms with Crippen LogP contribution >= 0.6 is 0 Å². The van der Waals surface area contributed by atoms with Crippen molar-refractivity contribution < 1.29 is 0 Å². The van der Waals surface area contributed by atoms with Gasteiger partial charge in [0.15, 0.2) is 0 Å². The molecule has 0 atom stereocenters. The molecule has 0 fully saturated rings. The van der Waals surface area contributed by atoms with Gasteiger partial charge in [0.05, 0.1) is 0 Å². The third-order valence-electron chi connectivity index (χ3n) is 1.38. The van der Waals surface area contributed by atoms with Crippen molar-refractivity contribution in [2.45, 2.75) is 26.8 Å². The molecule has 0 saturated carbocycles. The lowest BCUT2D eigenvalue weighted by molar-refractivity contribution is 0.399. The van der Waals surface area contributed by atoms with E-state index >= 15 is 0 Å². The Morgan fingerprint density at radius 2 is 2.00 bits per heavy atom. The van der Waals surface area contributed by atoms with Crippen molar-refractivity contribution in [3.8, 4) is 0 Å². The van der Waals surface area contributed by atoms with E-state index in [1.807, 2.05) is 0 Å². The van der Waals surface area contributed by atoms with Crippen molar-refractivity contribution in [1.82, 2.24) is 3.88 Å². The van der Waals surface area contributed by atoms with Gasteiger partial charge in [0.1, 0.15) is 0 Å². The van der Waals surface area contributed by atoms with E-state index in [2.05, 4.69) is 24.7 Å². The Balaban J connectivity index is 3.14. The first-order valence-corrected chi connectivity index (χ1v) is 3.78. The molecule has 1 nitrogen and oxygen atoms in total. The van der Waals surface area contributed by atoms with Gasteiger partial charge in [0.2, 0.25) is 0 Å². The first-order valence-electron chi connectivity index (χ1n) is 2.88. The molecule has 0 rings (SSSR count). The largest absolute Gasteiger partial charge is 0.389 e. The summed E-state index contributed by atoms with van der Waals surface area (Å²) in [5.41, 5.74) is 0. The predicted molar refractivity (Wildman–Crippen MR) is 36.1 cm³/mol. The molecule has 7 heavy (non-hydrogen) atoms. The van der Waals surface area contributed by atoms with Crippen LogP contribution in [0.1, 0.15) is 20.8 Å². The summed E-state index contributed by atoms with van der Waals surface area (Å²) in [6.45, 7) is 7.88. The maximum absolute atomic E-state index is 2.43. The molecule has 2 heteroatoms. The summed E-state index contributed by atoms with van der Waals surface area (Å²) in [4.78, 5) is 0. The third kappa shape index (κ3) is 3.11. The van der Waals surface area contributed by atoms with Gasteiger partial charge in [0.25, 0.3) is 0 Å². The van der Waals surface area contributed by atoms with Crippen LogP contribution in [-0.2, 0) is 0 Å². The van der Waals surface area contributed by atoms with Crippen molar-refractivity contribution in [3.63, 3.8) is 0 Å². The van der Waals surface area contributed by atoms with Crippen LogP contribution in [0.5, 0.6) is 0 Å². The summed E-state index contributed by atoms with van der Waals surface area (Å²) < 4.78 is 2.43. The van der Waals surface area contributed by atoms with Crippen LogP contribution in [-0.4, -0.2) is 33.0 Å². The average Bonchev–Trinajstić information content (AvgIpc) is 1.65. The maximum Gasteiger partial charge on any atom is 0.322 e. The van der Waals surface area contributed by atoms with Crippen molar-refractivity contribution in [3.05, 3.63) is 0 Å². The summed E-state index contributed by atoms with van der Waals surface area (Å²) in [6.07, 6.45) is 0. The van der Waals surface area contributed by atoms with Gasteiger partial charge < -0.3 is 3.88 Å². The zero-order valence-corrected chi connectivity index (χ0v) is 7.73. The van der Waals surface area contributed by atoms with E-state index in [0.717, 1.165) is 6.04 Å². The highest BCUT2D eigenvalue weighted by atomic mass is 27.1. The molecule has 0 aliphatic heterocycles. The van der Waals surface area contributed by atoms with Gasteiger partial charge in [-0.2, -0.15) is 0 Å². The van der Waals surface area contributed by atoms with Gasteiger partial charge in [0, 0.05) is 0 Å². The second-order valence-corrected chi connectivity index (χ2v) is 3.32. The van der Waals surface area contributed by atoms with Crippen LogP contribution in [0.4, 0.5) is 0 Å². The van der Waals surface area contributed by atoms with Gasteiger partial charge in [-0.25, -0.2) is 0 Å². The molecule has 0 spiro atoms. The lowest BCUT2D eigenvalue weighted by atomic mass is 10.4. The van der Waals surface area contributed by atoms with E-state index < -0.39 is 0 Å². The quantitative estimate of drug-likeness (QED) is 0.467. The SMILES string of the molecule is CC[N]([AlH2])C(C)C. The Morgan fingerprint density at radius 1 is 1.57 bits per heavy atom. The van der Waals surface area contributed by atoms with Gasteiger partial charge >= 0.3 is 16.5 Å². The number of hydrogen-bond donors (Lipinski definition) is 0. The first-order chi connectivity index (χ1) is 3.18. The maximum atomic E-state index is 2.43. The third-order valence-corrected chi connectivity index (χ3v) is 3.05. The van der Waals surface area contributed by atoms with Crippen LogP contribution in [0.2, 0.25) is 0 Å². The van der Waals surface area contributed by atoms with Crippen LogP contribution < -0.4 is 0 Å². The van der Waals surface area contributed by atoms with Gasteiger partial charge in [-0.05, 0) is 12.6 Å². The summed E-state index contributed by atoms with van der Waals surface area (Å²) >= 11 is 1.21. The Bertz CT molecular complexity index is 45.3. The molecule has 0 aromatic rings. The van der Waals surface area contributed by atoms with E-state index in [9.17, 15) is 0 Å². The number of hydrogen-bond acceptors (Lipinski definition) is 1. The standard InChI is InChI=1S/C5H12N.Al.2H/c1-4-6-5(2)3;;;/h5H,4H2,1-3H3;;;/q-1;+1;;. The predicted octanol–water partition coefficient (Wildman–Crippen LogP) is 0.265. The molecule has 0 unspecified atom stereocenters. The second kappa shape index (κ2) is 3.49. The Kier molecular flexibility index (Phi) is 3.73. The highest BCUT2D eigenvalue weighted by Gasteiger charge is 1.95. The van der Waals surface area contributed by atoms with E-state index in [4.69, 9.17) is 0 Å². The van der Waals surface area contributed by atoms with Crippen molar-refractivity contribution in [2.24, 2.45) is 0 Å². The van der Waals surface area contributed by atoms with E-state index in [1.54, 1.807) is 0 Å². The summed E-state index contributed by atoms with van der Waals surface area (Å²) in [6, 6.07) is 0.761. The molecule has 0 heterocycles. The fourth-order valence-corrected chi connectivity index (χ4v) is 0.365. The topological polar surface area (TPSA) is 3.24 Å². The van der Waals surface area contributed by atoms with Crippen LogP contribution in [0, 0.1) is 0 Å². The molecular formula is C5H14AlN. The molecule has 0 aliphatic rings. The summed E-state index contributed by atoms with van der Waals surface area (Å²) in [5, 5.41) is 0. The molecule has 42 valence electrons. The minimum Gasteiger partial charge on any atom is -0.389 e. The van der Waals surface area contributed by atoms with Crippen molar-refractivity contribution >= 4 is 16.5 Å². The van der Waals surface area contributed by atoms with E-state index in [0.29, 0.717) is 0 Å². The lowest BCUT2D eigenvalue weighted by Crippen LogP contribution is -2.27. The van der Waals surface area contributed by atoms with Crippen LogP contribution in [0.25, 0.3) is 0 Å². The first kappa shape index (κ1) is 7.49. The van der Waals surface area contributed by atoms with Gasteiger partial charge in [-0.1, -0.05) is 20.8 Å². The lowest BCUT2D eigenvalue weighted by Gasteiger charge is -2.19. The van der Waals surface area contributed by atoms with Crippen LogP contribution in [0.3, 0.4) is 0 Å². The number of nitrogens with zero attached hydrogens (tertiary/aromatic N) is 1. The molecular weight excluding hydrogens is 101 g/mol. The molecule has 0 aromatic carbocycles. The summed E-state index contributed by atoms with van der Waals surface area (Å²) in [7, 11) is 0. The smallest absolute Gasteiger partial charge is 0.322 e. The van der Waals surface area contributed by atoms with E-state index in [-0.39, 0.29) is 0 Å². The fraction of sp³-hybridized carbons (Fsp3) is 1.00. The molecule has 0 radical (unpaired) electrons. The zero-order valence-electron chi connectivity index (χ0n) is 5.73. The zero-order chi connectivity index (χ0) is 5.86. The molecule has 0 aromatic heterocycles. The fourth-order valence-electron chi connectivity index (χ4n) is 0.365. The Morgan fingerprint density at radius 3 is 2.00 bits per heavy atom. The molecule has 0 aliphatic carbocycles. The van der Waals surface area contributed by atoms with Crippen molar-refractivity contribution in [1.29, 1.82) is 0 Å². The normalized spacial score (nSPS) is 11.0. The minimum atomic E-state index is 0.761. The highest BCUT2D eigenvalue weighted by molar-refractivity contribution is 6.04. The monoisotopic (exact) mass is 115 g/mol. The molecule has 0 amide bonds. The second-order valence-electron chi connectivity index (χ2n) is 2.17. The molecule has 0 N–H and O–H groups in total. The minimum absolute atomic E-state index is 0.761. The van der Waals surface area contributed by atoms with Crippen LogP contribution in [0.15, 0.2) is 0 Å².